The normalized spacial score (nSPS) is 17.7. The molecule has 1 amide bonds. The topological polar surface area (TPSA) is 96.0 Å². The van der Waals surface area contributed by atoms with E-state index in [4.69, 9.17) is 4.74 Å². The molecule has 3 heterocycles. The fourth-order valence-electron chi connectivity index (χ4n) is 3.82. The van der Waals surface area contributed by atoms with Crippen LogP contribution in [0.5, 0.6) is 5.75 Å². The largest absolute Gasteiger partial charge is 0.487 e. The molecule has 1 fully saturated rings. The molecule has 0 spiro atoms. The van der Waals surface area contributed by atoms with Gasteiger partial charge in [0.1, 0.15) is 17.7 Å². The van der Waals surface area contributed by atoms with Crippen LogP contribution in [-0.2, 0) is 4.79 Å². The zero-order chi connectivity index (χ0) is 23.5. The molecule has 3 aromatic rings. The number of rotatable bonds is 8. The van der Waals surface area contributed by atoms with E-state index in [0.29, 0.717) is 35.9 Å². The van der Waals surface area contributed by atoms with Crippen LogP contribution >= 0.6 is 0 Å². The Morgan fingerprint density at radius 3 is 2.85 bits per heavy atom. The Labute approximate surface area is 190 Å². The number of benzene rings is 1. The summed E-state index contributed by atoms with van der Waals surface area (Å²) in [7, 11) is 0. The maximum Gasteiger partial charge on any atom is 0.246 e. The first kappa shape index (κ1) is 22.6. The van der Waals surface area contributed by atoms with Crippen molar-refractivity contribution in [2.75, 3.05) is 25.0 Å². The van der Waals surface area contributed by atoms with E-state index in [2.05, 4.69) is 31.8 Å². The van der Waals surface area contributed by atoms with Crippen molar-refractivity contribution in [3.63, 3.8) is 0 Å². The summed E-state index contributed by atoms with van der Waals surface area (Å²) in [6.07, 6.45) is 3.55. The third-order valence-corrected chi connectivity index (χ3v) is 6.02. The summed E-state index contributed by atoms with van der Waals surface area (Å²) in [5.41, 5.74) is 1.18. The second-order valence-corrected chi connectivity index (χ2v) is 8.29. The molecule has 1 saturated heterocycles. The molecule has 3 atom stereocenters. The van der Waals surface area contributed by atoms with Crippen molar-refractivity contribution >= 4 is 22.9 Å². The molecule has 2 aromatic heterocycles. The predicted molar refractivity (Wildman–Crippen MR) is 120 cm³/mol. The molecule has 0 aliphatic carbocycles. The molecule has 8 nitrogen and oxygen atoms in total. The van der Waals surface area contributed by atoms with E-state index in [-0.39, 0.29) is 36.1 Å². The molecular weight excluding hydrogens is 430 g/mol. The van der Waals surface area contributed by atoms with Crippen LogP contribution in [0.15, 0.2) is 37.2 Å². The highest BCUT2D eigenvalue weighted by Gasteiger charge is 2.26. The van der Waals surface area contributed by atoms with E-state index in [1.165, 1.54) is 18.5 Å². The van der Waals surface area contributed by atoms with Gasteiger partial charge >= 0.3 is 0 Å². The average Bonchev–Trinajstić information content (AvgIpc) is 3.45. The highest BCUT2D eigenvalue weighted by Crippen LogP contribution is 2.28. The molecular formula is C23H26F2N6O2. The quantitative estimate of drug-likeness (QED) is 0.503. The van der Waals surface area contributed by atoms with Crippen LogP contribution in [0.3, 0.4) is 0 Å². The third kappa shape index (κ3) is 4.79. The number of carbonyl (C=O) groups excluding carboxylic acids is 1. The number of halogens is 2. The van der Waals surface area contributed by atoms with Gasteiger partial charge in [0.25, 0.3) is 0 Å². The first-order valence-corrected chi connectivity index (χ1v) is 10.8. The van der Waals surface area contributed by atoms with Gasteiger partial charge in [0.05, 0.1) is 6.61 Å². The number of aromatic amines is 1. The highest BCUT2D eigenvalue weighted by atomic mass is 19.1. The first-order chi connectivity index (χ1) is 15.9. The van der Waals surface area contributed by atoms with Gasteiger partial charge in [-0.1, -0.05) is 26.5 Å². The molecule has 33 heavy (non-hydrogen) atoms. The molecule has 0 saturated carbocycles. The summed E-state index contributed by atoms with van der Waals surface area (Å²) < 4.78 is 33.1. The second-order valence-electron chi connectivity index (χ2n) is 8.29. The van der Waals surface area contributed by atoms with Crippen molar-refractivity contribution in [1.82, 2.24) is 24.8 Å². The summed E-state index contributed by atoms with van der Waals surface area (Å²) in [5, 5.41) is 3.37. The van der Waals surface area contributed by atoms with Gasteiger partial charge in [0.15, 0.2) is 28.8 Å². The molecule has 1 aliphatic rings. The number of H-pyrrole nitrogens is 1. The molecule has 3 unspecified atom stereocenters. The molecule has 10 heteroatoms. The number of para-hydroxylation sites is 1. The van der Waals surface area contributed by atoms with Crippen LogP contribution < -0.4 is 10.1 Å². The van der Waals surface area contributed by atoms with Crippen LogP contribution in [0.1, 0.15) is 32.0 Å². The number of nitrogens with zero attached hydrogens (tertiary/aromatic N) is 4. The van der Waals surface area contributed by atoms with Gasteiger partial charge in [-0.15, -0.1) is 0 Å². The van der Waals surface area contributed by atoms with Crippen LogP contribution in [-0.4, -0.2) is 56.5 Å². The van der Waals surface area contributed by atoms with Crippen molar-refractivity contribution in [2.45, 2.75) is 32.2 Å². The van der Waals surface area contributed by atoms with Crippen molar-refractivity contribution in [1.29, 1.82) is 0 Å². The number of nitrogens with one attached hydrogen (secondary N) is 2. The highest BCUT2D eigenvalue weighted by molar-refractivity contribution is 5.87. The van der Waals surface area contributed by atoms with E-state index in [9.17, 15) is 13.6 Å². The summed E-state index contributed by atoms with van der Waals surface area (Å²) in [6.45, 7) is 8.75. The van der Waals surface area contributed by atoms with E-state index in [1.54, 1.807) is 4.90 Å². The fraction of sp³-hybridized carbons (Fsp3) is 0.391. The van der Waals surface area contributed by atoms with Gasteiger partial charge in [-0.25, -0.2) is 23.7 Å². The smallest absolute Gasteiger partial charge is 0.246 e. The third-order valence-electron chi connectivity index (χ3n) is 6.02. The SMILES string of the molecule is C=CC(=O)N1CCC(Nc2ncnc3nc(C(C)C(C)COc4c(F)cccc4F)[nH]c23)C1. The first-order valence-electron chi connectivity index (χ1n) is 10.8. The van der Waals surface area contributed by atoms with Crippen molar-refractivity contribution in [3.05, 3.63) is 54.6 Å². The molecule has 2 N–H and O–H groups in total. The molecule has 1 aromatic carbocycles. The maximum atomic E-state index is 13.8. The molecule has 4 rings (SSSR count). The average molecular weight is 456 g/mol. The van der Waals surface area contributed by atoms with Gasteiger partial charge in [0.2, 0.25) is 5.91 Å². The molecule has 174 valence electrons. The lowest BCUT2D eigenvalue weighted by Gasteiger charge is -2.19. The van der Waals surface area contributed by atoms with Crippen molar-refractivity contribution in [2.24, 2.45) is 5.92 Å². The van der Waals surface area contributed by atoms with Gasteiger partial charge < -0.3 is 19.9 Å². The summed E-state index contributed by atoms with van der Waals surface area (Å²) >= 11 is 0. The van der Waals surface area contributed by atoms with Crippen LogP contribution in [0.4, 0.5) is 14.6 Å². The van der Waals surface area contributed by atoms with Crippen molar-refractivity contribution < 1.29 is 18.3 Å². The minimum atomic E-state index is -0.732. The summed E-state index contributed by atoms with van der Waals surface area (Å²) in [6, 6.07) is 3.68. The van der Waals surface area contributed by atoms with Gasteiger partial charge in [-0.3, -0.25) is 4.79 Å². The Morgan fingerprint density at radius 2 is 2.12 bits per heavy atom. The van der Waals surface area contributed by atoms with Crippen LogP contribution in [0.25, 0.3) is 11.2 Å². The van der Waals surface area contributed by atoms with E-state index >= 15 is 0 Å². The summed E-state index contributed by atoms with van der Waals surface area (Å²) in [5.74, 6) is -0.837. The Kier molecular flexibility index (Phi) is 6.52. The van der Waals surface area contributed by atoms with Gasteiger partial charge in [-0.05, 0) is 30.5 Å². The zero-order valence-corrected chi connectivity index (χ0v) is 18.5. The predicted octanol–water partition coefficient (Wildman–Crippen LogP) is 3.65. The number of hydrogen-bond donors (Lipinski definition) is 2. The van der Waals surface area contributed by atoms with Gasteiger partial charge in [0, 0.05) is 25.0 Å². The van der Waals surface area contributed by atoms with E-state index < -0.39 is 11.6 Å². The lowest BCUT2D eigenvalue weighted by atomic mass is 9.96. The lowest BCUT2D eigenvalue weighted by molar-refractivity contribution is -0.125. The lowest BCUT2D eigenvalue weighted by Crippen LogP contribution is -2.30. The number of aromatic nitrogens is 4. The zero-order valence-electron chi connectivity index (χ0n) is 18.5. The monoisotopic (exact) mass is 456 g/mol. The Morgan fingerprint density at radius 1 is 1.36 bits per heavy atom. The molecule has 0 bridgehead atoms. The fourth-order valence-corrected chi connectivity index (χ4v) is 3.82. The van der Waals surface area contributed by atoms with E-state index in [0.717, 1.165) is 18.6 Å². The number of amides is 1. The number of hydrogen-bond acceptors (Lipinski definition) is 6. The Hall–Kier alpha value is -3.56. The number of imidazole rings is 1. The Bertz CT molecular complexity index is 1150. The standard InChI is InChI=1S/C23H26F2N6O2/c1-4-18(32)31-9-8-15(10-31)28-22-19-23(27-12-26-22)30-21(29-19)14(3)13(2)11-33-20-16(24)6-5-7-17(20)25/h4-7,12-15H,1,8-11H2,2-3H3,(H2,26,27,28,29,30). The number of likely N-dealkylation sites (tertiary alicyclic amines) is 1. The number of ether oxygens (including phenoxy) is 1. The van der Waals surface area contributed by atoms with Crippen LogP contribution in [0.2, 0.25) is 0 Å². The maximum absolute atomic E-state index is 13.8. The van der Waals surface area contributed by atoms with Crippen molar-refractivity contribution in [3.8, 4) is 5.75 Å². The van der Waals surface area contributed by atoms with E-state index in [1.807, 2.05) is 13.8 Å². The number of anilines is 1. The van der Waals surface area contributed by atoms with Crippen LogP contribution in [0, 0.1) is 17.6 Å². The minimum Gasteiger partial charge on any atom is -0.487 e. The minimum absolute atomic E-state index is 0.0548. The number of fused-ring (bicyclic) bond motifs is 1. The molecule has 1 aliphatic heterocycles. The Balaban J connectivity index is 1.45. The molecule has 0 radical (unpaired) electrons. The summed E-state index contributed by atoms with van der Waals surface area (Å²) in [4.78, 5) is 30.0. The number of carbonyl (C=O) groups is 1. The van der Waals surface area contributed by atoms with Gasteiger partial charge in [-0.2, -0.15) is 0 Å². The second kappa shape index (κ2) is 9.51.